The molecule has 0 spiro atoms. The Morgan fingerprint density at radius 2 is 2.19 bits per heavy atom. The molecule has 0 aliphatic heterocycles. The van der Waals surface area contributed by atoms with E-state index in [9.17, 15) is 0 Å². The molecule has 0 aliphatic carbocycles. The number of rotatable bonds is 5. The van der Waals surface area contributed by atoms with Crippen molar-refractivity contribution in [2.75, 3.05) is 24.8 Å². The fraction of sp³-hybridized carbons (Fsp3) is 0.636. The van der Waals surface area contributed by atoms with Gasteiger partial charge in [0.25, 0.3) is 0 Å². The second-order valence-corrected chi connectivity index (χ2v) is 3.88. The van der Waals surface area contributed by atoms with E-state index in [2.05, 4.69) is 28.7 Å². The number of nitrogen functional groups attached to an aromatic ring is 1. The predicted octanol–water partition coefficient (Wildman–Crippen LogP) is 1.69. The monoisotopic (exact) mass is 224 g/mol. The number of aromatic nitrogens is 2. The fourth-order valence-electron chi connectivity index (χ4n) is 1.55. The molecule has 1 rings (SSSR count). The maximum atomic E-state index is 5.62. The topological polar surface area (TPSA) is 64.3 Å². The van der Waals surface area contributed by atoms with Crippen molar-refractivity contribution in [1.29, 1.82) is 0 Å². The van der Waals surface area contributed by atoms with Gasteiger partial charge in [-0.15, -0.1) is 0 Å². The van der Waals surface area contributed by atoms with Crippen LogP contribution in [0.1, 0.15) is 26.7 Å². The molecule has 0 radical (unpaired) electrons. The van der Waals surface area contributed by atoms with E-state index in [0.29, 0.717) is 11.9 Å². The highest BCUT2D eigenvalue weighted by atomic mass is 16.5. The van der Waals surface area contributed by atoms with Gasteiger partial charge in [0.2, 0.25) is 11.8 Å². The van der Waals surface area contributed by atoms with Gasteiger partial charge in [-0.25, -0.2) is 0 Å². The van der Waals surface area contributed by atoms with Crippen LogP contribution in [0, 0.1) is 0 Å². The SMILES string of the molecule is CCCC(C)N(C)c1cc(OC)nc(N)n1. The van der Waals surface area contributed by atoms with E-state index in [1.54, 1.807) is 13.2 Å². The van der Waals surface area contributed by atoms with Crippen LogP contribution in [0.2, 0.25) is 0 Å². The first-order valence-corrected chi connectivity index (χ1v) is 5.49. The van der Waals surface area contributed by atoms with Gasteiger partial charge in [-0.05, 0) is 13.3 Å². The average molecular weight is 224 g/mol. The molecule has 5 heteroatoms. The second kappa shape index (κ2) is 5.53. The molecular formula is C11H20N4O. The maximum absolute atomic E-state index is 5.62. The first-order chi connectivity index (χ1) is 7.58. The van der Waals surface area contributed by atoms with Crippen molar-refractivity contribution < 1.29 is 4.74 Å². The summed E-state index contributed by atoms with van der Waals surface area (Å²) in [4.78, 5) is 10.2. The molecule has 2 N–H and O–H groups in total. The van der Waals surface area contributed by atoms with Gasteiger partial charge in [0, 0.05) is 19.2 Å². The Morgan fingerprint density at radius 3 is 2.75 bits per heavy atom. The predicted molar refractivity (Wildman–Crippen MR) is 65.8 cm³/mol. The summed E-state index contributed by atoms with van der Waals surface area (Å²) in [5, 5.41) is 0. The highest BCUT2D eigenvalue weighted by molar-refractivity contribution is 5.45. The molecule has 90 valence electrons. The minimum Gasteiger partial charge on any atom is -0.481 e. The number of nitrogens with zero attached hydrogens (tertiary/aromatic N) is 3. The lowest BCUT2D eigenvalue weighted by Crippen LogP contribution is -2.29. The number of hydrogen-bond acceptors (Lipinski definition) is 5. The van der Waals surface area contributed by atoms with E-state index < -0.39 is 0 Å². The fourth-order valence-corrected chi connectivity index (χ4v) is 1.55. The molecule has 1 heterocycles. The average Bonchev–Trinajstić information content (AvgIpc) is 2.27. The van der Waals surface area contributed by atoms with Crippen molar-refractivity contribution >= 4 is 11.8 Å². The van der Waals surface area contributed by atoms with Crippen LogP contribution >= 0.6 is 0 Å². The first-order valence-electron chi connectivity index (χ1n) is 5.49. The van der Waals surface area contributed by atoms with Crippen molar-refractivity contribution in [1.82, 2.24) is 9.97 Å². The largest absolute Gasteiger partial charge is 0.481 e. The van der Waals surface area contributed by atoms with Gasteiger partial charge in [-0.1, -0.05) is 13.3 Å². The van der Waals surface area contributed by atoms with Crippen LogP contribution < -0.4 is 15.4 Å². The van der Waals surface area contributed by atoms with E-state index in [0.717, 1.165) is 18.7 Å². The Labute approximate surface area is 96.6 Å². The molecule has 1 unspecified atom stereocenters. The van der Waals surface area contributed by atoms with Crippen molar-refractivity contribution in [3.05, 3.63) is 6.07 Å². The van der Waals surface area contributed by atoms with E-state index in [4.69, 9.17) is 10.5 Å². The van der Waals surface area contributed by atoms with Crippen LogP contribution in [-0.2, 0) is 0 Å². The third-order valence-electron chi connectivity index (χ3n) is 2.64. The first kappa shape index (κ1) is 12.5. The lowest BCUT2D eigenvalue weighted by Gasteiger charge is -2.25. The summed E-state index contributed by atoms with van der Waals surface area (Å²) in [6.07, 6.45) is 2.26. The number of methoxy groups -OCH3 is 1. The van der Waals surface area contributed by atoms with Crippen LogP contribution in [0.5, 0.6) is 5.88 Å². The van der Waals surface area contributed by atoms with Gasteiger partial charge in [0.05, 0.1) is 7.11 Å². The third-order valence-corrected chi connectivity index (χ3v) is 2.64. The number of ether oxygens (including phenoxy) is 1. The Hall–Kier alpha value is -1.52. The Balaban J connectivity index is 2.89. The lowest BCUT2D eigenvalue weighted by molar-refractivity contribution is 0.397. The summed E-state index contributed by atoms with van der Waals surface area (Å²) in [5.41, 5.74) is 5.62. The van der Waals surface area contributed by atoms with Crippen molar-refractivity contribution in [3.63, 3.8) is 0 Å². The van der Waals surface area contributed by atoms with Crippen LogP contribution in [-0.4, -0.2) is 30.2 Å². The summed E-state index contributed by atoms with van der Waals surface area (Å²) in [5.74, 6) is 1.54. The van der Waals surface area contributed by atoms with Crippen molar-refractivity contribution in [3.8, 4) is 5.88 Å². The molecule has 5 nitrogen and oxygen atoms in total. The van der Waals surface area contributed by atoms with E-state index in [-0.39, 0.29) is 5.95 Å². The molecule has 0 saturated carbocycles. The standard InChI is InChI=1S/C11H20N4O/c1-5-6-8(2)15(3)9-7-10(16-4)14-11(12)13-9/h7-8H,5-6H2,1-4H3,(H2,12,13,14). The molecule has 0 aromatic carbocycles. The van der Waals surface area contributed by atoms with Crippen LogP contribution in [0.4, 0.5) is 11.8 Å². The normalized spacial score (nSPS) is 12.2. The molecule has 16 heavy (non-hydrogen) atoms. The lowest BCUT2D eigenvalue weighted by atomic mass is 10.2. The quantitative estimate of drug-likeness (QED) is 0.824. The van der Waals surface area contributed by atoms with Crippen LogP contribution in [0.3, 0.4) is 0 Å². The molecule has 0 fully saturated rings. The second-order valence-electron chi connectivity index (χ2n) is 3.88. The zero-order valence-corrected chi connectivity index (χ0v) is 10.4. The number of anilines is 2. The van der Waals surface area contributed by atoms with Gasteiger partial charge in [0.15, 0.2) is 0 Å². The van der Waals surface area contributed by atoms with Gasteiger partial charge in [-0.3, -0.25) is 0 Å². The summed E-state index contributed by atoms with van der Waals surface area (Å²) in [6.45, 7) is 4.33. The van der Waals surface area contributed by atoms with Gasteiger partial charge < -0.3 is 15.4 Å². The molecular weight excluding hydrogens is 204 g/mol. The van der Waals surface area contributed by atoms with Crippen LogP contribution in [0.25, 0.3) is 0 Å². The van der Waals surface area contributed by atoms with Crippen molar-refractivity contribution in [2.45, 2.75) is 32.7 Å². The number of hydrogen-bond donors (Lipinski definition) is 1. The minimum absolute atomic E-state index is 0.241. The van der Waals surface area contributed by atoms with Crippen LogP contribution in [0.15, 0.2) is 6.07 Å². The zero-order valence-electron chi connectivity index (χ0n) is 10.4. The maximum Gasteiger partial charge on any atom is 0.225 e. The van der Waals surface area contributed by atoms with E-state index in [1.807, 2.05) is 7.05 Å². The van der Waals surface area contributed by atoms with Gasteiger partial charge >= 0.3 is 0 Å². The van der Waals surface area contributed by atoms with Gasteiger partial charge in [-0.2, -0.15) is 9.97 Å². The minimum atomic E-state index is 0.241. The molecule has 1 aromatic rings. The highest BCUT2D eigenvalue weighted by Gasteiger charge is 2.12. The Morgan fingerprint density at radius 1 is 1.50 bits per heavy atom. The van der Waals surface area contributed by atoms with Gasteiger partial charge in [0.1, 0.15) is 5.82 Å². The van der Waals surface area contributed by atoms with Crippen molar-refractivity contribution in [2.24, 2.45) is 0 Å². The summed E-state index contributed by atoms with van der Waals surface area (Å²) in [7, 11) is 3.57. The molecule has 0 aliphatic rings. The zero-order chi connectivity index (χ0) is 12.1. The highest BCUT2D eigenvalue weighted by Crippen LogP contribution is 2.20. The molecule has 0 bridgehead atoms. The molecule has 0 amide bonds. The Kier molecular flexibility index (Phi) is 4.34. The summed E-state index contributed by atoms with van der Waals surface area (Å²) < 4.78 is 5.07. The third kappa shape index (κ3) is 2.98. The summed E-state index contributed by atoms with van der Waals surface area (Å²) in [6, 6.07) is 2.21. The molecule has 0 saturated heterocycles. The number of nitrogens with two attached hydrogens (primary N) is 1. The molecule has 1 aromatic heterocycles. The smallest absolute Gasteiger partial charge is 0.225 e. The Bertz CT molecular complexity index is 343. The molecule has 1 atom stereocenters. The van der Waals surface area contributed by atoms with E-state index in [1.165, 1.54) is 0 Å². The summed E-state index contributed by atoms with van der Waals surface area (Å²) >= 11 is 0. The van der Waals surface area contributed by atoms with E-state index >= 15 is 0 Å².